The van der Waals surface area contributed by atoms with E-state index in [-0.39, 0.29) is 0 Å². The molecule has 2 aliphatic rings. The lowest BCUT2D eigenvalue weighted by Crippen LogP contribution is -2.54. The maximum atomic E-state index is 6.36. The molecule has 21 heavy (non-hydrogen) atoms. The van der Waals surface area contributed by atoms with Crippen LogP contribution >= 0.6 is 23.2 Å². The van der Waals surface area contributed by atoms with Gasteiger partial charge in [-0.2, -0.15) is 0 Å². The van der Waals surface area contributed by atoms with E-state index in [0.717, 1.165) is 37.1 Å². The summed E-state index contributed by atoms with van der Waals surface area (Å²) in [5.41, 5.74) is 1.20. The number of nitrogens with one attached hydrogen (secondary N) is 1. The summed E-state index contributed by atoms with van der Waals surface area (Å²) in [6, 6.07) is 6.53. The molecule has 1 unspecified atom stereocenters. The minimum atomic E-state index is 0.658. The van der Waals surface area contributed by atoms with Crippen LogP contribution < -0.4 is 5.32 Å². The van der Waals surface area contributed by atoms with Crippen molar-refractivity contribution in [3.8, 4) is 0 Å². The van der Waals surface area contributed by atoms with Gasteiger partial charge in [0.25, 0.3) is 0 Å². The van der Waals surface area contributed by atoms with E-state index in [1.807, 2.05) is 12.1 Å². The van der Waals surface area contributed by atoms with Crippen molar-refractivity contribution in [1.82, 2.24) is 10.2 Å². The van der Waals surface area contributed by atoms with Crippen LogP contribution in [0.1, 0.15) is 37.7 Å². The van der Waals surface area contributed by atoms with E-state index < -0.39 is 0 Å². The number of rotatable bonds is 3. The predicted molar refractivity (Wildman–Crippen MR) is 90.1 cm³/mol. The lowest BCUT2D eigenvalue weighted by Gasteiger charge is -2.42. The van der Waals surface area contributed by atoms with Gasteiger partial charge in [0.2, 0.25) is 0 Å². The van der Waals surface area contributed by atoms with Crippen LogP contribution in [0.25, 0.3) is 0 Å². The van der Waals surface area contributed by atoms with Crippen molar-refractivity contribution in [2.24, 2.45) is 5.92 Å². The number of piperazine rings is 1. The largest absolute Gasteiger partial charge is 0.314 e. The summed E-state index contributed by atoms with van der Waals surface area (Å²) in [7, 11) is 0. The van der Waals surface area contributed by atoms with E-state index in [4.69, 9.17) is 23.2 Å². The molecule has 1 aliphatic carbocycles. The second-order valence-corrected chi connectivity index (χ2v) is 7.22. The minimum Gasteiger partial charge on any atom is -0.314 e. The zero-order chi connectivity index (χ0) is 14.7. The van der Waals surface area contributed by atoms with E-state index in [9.17, 15) is 0 Å². The first-order valence-corrected chi connectivity index (χ1v) is 8.88. The molecule has 1 N–H and O–H groups in total. The summed E-state index contributed by atoms with van der Waals surface area (Å²) < 4.78 is 0. The number of nitrogens with zero attached hydrogens (tertiary/aromatic N) is 1. The molecule has 0 spiro atoms. The highest BCUT2D eigenvalue weighted by Crippen LogP contribution is 2.31. The average Bonchev–Trinajstić information content (AvgIpc) is 2.51. The fraction of sp³-hybridized carbons (Fsp3) is 0.647. The smallest absolute Gasteiger partial charge is 0.0465 e. The Kier molecular flexibility index (Phi) is 5.44. The molecular weight excluding hydrogens is 303 g/mol. The zero-order valence-corrected chi connectivity index (χ0v) is 14.0. The second-order valence-electron chi connectivity index (χ2n) is 6.38. The molecule has 0 amide bonds. The van der Waals surface area contributed by atoms with Crippen molar-refractivity contribution >= 4 is 23.2 Å². The van der Waals surface area contributed by atoms with Gasteiger partial charge < -0.3 is 5.32 Å². The first-order chi connectivity index (χ1) is 10.2. The van der Waals surface area contributed by atoms with Crippen LogP contribution in [0.5, 0.6) is 0 Å². The molecule has 0 radical (unpaired) electrons. The average molecular weight is 327 g/mol. The Morgan fingerprint density at radius 2 is 1.95 bits per heavy atom. The SMILES string of the molecule is Clc1ccc(CN2CCNCC2C2CCCCC2)c(Cl)c1. The van der Waals surface area contributed by atoms with Gasteiger partial charge in [0.15, 0.2) is 0 Å². The highest BCUT2D eigenvalue weighted by atomic mass is 35.5. The second kappa shape index (κ2) is 7.32. The normalized spacial score (nSPS) is 25.1. The van der Waals surface area contributed by atoms with Gasteiger partial charge in [-0.25, -0.2) is 0 Å². The highest BCUT2D eigenvalue weighted by Gasteiger charge is 2.30. The Hall–Kier alpha value is -0.280. The molecule has 1 atom stereocenters. The van der Waals surface area contributed by atoms with Gasteiger partial charge in [0.1, 0.15) is 0 Å². The fourth-order valence-electron chi connectivity index (χ4n) is 3.82. The first kappa shape index (κ1) is 15.6. The zero-order valence-electron chi connectivity index (χ0n) is 12.5. The molecule has 1 saturated carbocycles. The molecule has 4 heteroatoms. The van der Waals surface area contributed by atoms with Crippen molar-refractivity contribution in [3.05, 3.63) is 33.8 Å². The predicted octanol–water partition coefficient (Wildman–Crippen LogP) is 4.35. The third-order valence-electron chi connectivity index (χ3n) is 4.98. The standard InChI is InChI=1S/C17H24Cl2N2/c18-15-7-6-14(16(19)10-15)12-21-9-8-20-11-17(21)13-4-2-1-3-5-13/h6-7,10,13,17,20H,1-5,8-9,11-12H2. The van der Waals surface area contributed by atoms with Crippen molar-refractivity contribution in [1.29, 1.82) is 0 Å². The Morgan fingerprint density at radius 1 is 1.14 bits per heavy atom. The van der Waals surface area contributed by atoms with Crippen molar-refractivity contribution in [2.75, 3.05) is 19.6 Å². The van der Waals surface area contributed by atoms with Crippen LogP contribution in [0, 0.1) is 5.92 Å². The van der Waals surface area contributed by atoms with Gasteiger partial charge in [-0.05, 0) is 36.5 Å². The van der Waals surface area contributed by atoms with E-state index >= 15 is 0 Å². The van der Waals surface area contributed by atoms with Crippen LogP contribution in [-0.2, 0) is 6.54 Å². The molecule has 2 nitrogen and oxygen atoms in total. The van der Waals surface area contributed by atoms with Gasteiger partial charge in [0, 0.05) is 42.3 Å². The summed E-state index contributed by atoms with van der Waals surface area (Å²) in [5.74, 6) is 0.845. The lowest BCUT2D eigenvalue weighted by atomic mass is 9.82. The van der Waals surface area contributed by atoms with E-state index in [1.165, 1.54) is 37.7 Å². The van der Waals surface area contributed by atoms with Crippen molar-refractivity contribution < 1.29 is 0 Å². The Balaban J connectivity index is 1.71. The molecule has 0 aromatic heterocycles. The highest BCUT2D eigenvalue weighted by molar-refractivity contribution is 6.35. The van der Waals surface area contributed by atoms with E-state index in [2.05, 4.69) is 16.3 Å². The molecule has 1 heterocycles. The monoisotopic (exact) mass is 326 g/mol. The maximum Gasteiger partial charge on any atom is 0.0465 e. The first-order valence-electron chi connectivity index (χ1n) is 8.13. The van der Waals surface area contributed by atoms with Crippen LogP contribution in [0.4, 0.5) is 0 Å². The molecule has 1 aliphatic heterocycles. The summed E-state index contributed by atoms with van der Waals surface area (Å²) in [5, 5.41) is 5.09. The third-order valence-corrected chi connectivity index (χ3v) is 5.57. The van der Waals surface area contributed by atoms with Crippen LogP contribution in [0.3, 0.4) is 0 Å². The van der Waals surface area contributed by atoms with E-state index in [0.29, 0.717) is 11.1 Å². The van der Waals surface area contributed by atoms with Gasteiger partial charge >= 0.3 is 0 Å². The van der Waals surface area contributed by atoms with Gasteiger partial charge in [-0.15, -0.1) is 0 Å². The lowest BCUT2D eigenvalue weighted by molar-refractivity contribution is 0.0860. The molecule has 1 aromatic rings. The number of hydrogen-bond donors (Lipinski definition) is 1. The molecule has 3 rings (SSSR count). The fourth-order valence-corrected chi connectivity index (χ4v) is 4.28. The molecule has 1 aromatic carbocycles. The summed E-state index contributed by atoms with van der Waals surface area (Å²) in [6.45, 7) is 4.25. The van der Waals surface area contributed by atoms with Crippen LogP contribution in [0.2, 0.25) is 10.0 Å². The Morgan fingerprint density at radius 3 is 2.71 bits per heavy atom. The third kappa shape index (κ3) is 3.92. The van der Waals surface area contributed by atoms with Gasteiger partial charge in [-0.1, -0.05) is 48.5 Å². The Labute approximate surface area is 137 Å². The van der Waals surface area contributed by atoms with Crippen molar-refractivity contribution in [3.63, 3.8) is 0 Å². The quantitative estimate of drug-likeness (QED) is 0.888. The number of benzene rings is 1. The molecule has 116 valence electrons. The minimum absolute atomic E-state index is 0.658. The number of halogens is 2. The van der Waals surface area contributed by atoms with Crippen molar-refractivity contribution in [2.45, 2.75) is 44.7 Å². The summed E-state index contributed by atoms with van der Waals surface area (Å²) in [4.78, 5) is 2.63. The molecule has 0 bridgehead atoms. The van der Waals surface area contributed by atoms with Gasteiger partial charge in [0.05, 0.1) is 0 Å². The molecule has 1 saturated heterocycles. The Bertz CT molecular complexity index is 472. The van der Waals surface area contributed by atoms with Crippen LogP contribution in [-0.4, -0.2) is 30.6 Å². The summed E-state index contributed by atoms with van der Waals surface area (Å²) >= 11 is 12.4. The number of hydrogen-bond acceptors (Lipinski definition) is 2. The maximum absolute atomic E-state index is 6.36. The van der Waals surface area contributed by atoms with E-state index in [1.54, 1.807) is 0 Å². The molecule has 2 fully saturated rings. The van der Waals surface area contributed by atoms with Gasteiger partial charge in [-0.3, -0.25) is 4.90 Å². The summed E-state index contributed by atoms with van der Waals surface area (Å²) in [6.07, 6.45) is 6.99. The molecular formula is C17H24Cl2N2. The topological polar surface area (TPSA) is 15.3 Å². The van der Waals surface area contributed by atoms with Crippen LogP contribution in [0.15, 0.2) is 18.2 Å².